The first kappa shape index (κ1) is 15.2. The Balaban J connectivity index is 2.28. The second-order valence-electron chi connectivity index (χ2n) is 5.49. The fraction of sp³-hybridized carbons (Fsp3) is 0.294. The van der Waals surface area contributed by atoms with Gasteiger partial charge in [0.1, 0.15) is 0 Å². The Morgan fingerprint density at radius 2 is 1.95 bits per heavy atom. The molecule has 0 amide bonds. The lowest BCUT2D eigenvalue weighted by Gasteiger charge is -2.11. The zero-order chi connectivity index (χ0) is 15.4. The van der Waals surface area contributed by atoms with Gasteiger partial charge in [-0.3, -0.25) is 10.1 Å². The number of non-ortho nitro benzene ring substituents is 1. The van der Waals surface area contributed by atoms with Crippen molar-refractivity contribution in [2.45, 2.75) is 33.4 Å². The highest BCUT2D eigenvalue weighted by Gasteiger charge is 2.09. The molecule has 0 aliphatic heterocycles. The predicted octanol–water partition coefficient (Wildman–Crippen LogP) is 4.07. The Morgan fingerprint density at radius 1 is 1.19 bits per heavy atom. The first-order valence-electron chi connectivity index (χ1n) is 7.05. The summed E-state index contributed by atoms with van der Waals surface area (Å²) in [6.07, 6.45) is 0. The van der Waals surface area contributed by atoms with Gasteiger partial charge in [0.2, 0.25) is 0 Å². The zero-order valence-electron chi connectivity index (χ0n) is 12.6. The third-order valence-electron chi connectivity index (χ3n) is 3.37. The molecule has 4 nitrogen and oxygen atoms in total. The van der Waals surface area contributed by atoms with E-state index < -0.39 is 0 Å². The van der Waals surface area contributed by atoms with Crippen LogP contribution in [0.15, 0.2) is 42.5 Å². The number of nitrogens with one attached hydrogen (secondary N) is 1. The van der Waals surface area contributed by atoms with Crippen LogP contribution < -0.4 is 5.32 Å². The van der Waals surface area contributed by atoms with Gasteiger partial charge in [-0.2, -0.15) is 0 Å². The second kappa shape index (κ2) is 6.50. The molecule has 0 aromatic heterocycles. The second-order valence-corrected chi connectivity index (χ2v) is 5.49. The van der Waals surface area contributed by atoms with E-state index in [0.29, 0.717) is 6.04 Å². The molecule has 0 fully saturated rings. The van der Waals surface area contributed by atoms with Crippen molar-refractivity contribution in [3.8, 4) is 11.1 Å². The number of aryl methyl sites for hydroxylation is 1. The van der Waals surface area contributed by atoms with E-state index in [1.807, 2.05) is 19.1 Å². The Bertz CT molecular complexity index is 651. The van der Waals surface area contributed by atoms with Gasteiger partial charge in [0.25, 0.3) is 5.69 Å². The van der Waals surface area contributed by atoms with Crippen LogP contribution in [0.2, 0.25) is 0 Å². The minimum absolute atomic E-state index is 0.123. The normalized spacial score (nSPS) is 10.9. The van der Waals surface area contributed by atoms with Crippen LogP contribution in [0, 0.1) is 17.0 Å². The van der Waals surface area contributed by atoms with Crippen LogP contribution in [-0.2, 0) is 6.54 Å². The molecular weight excluding hydrogens is 264 g/mol. The maximum absolute atomic E-state index is 10.9. The van der Waals surface area contributed by atoms with Crippen LogP contribution in [0.5, 0.6) is 0 Å². The average Bonchev–Trinajstić information content (AvgIpc) is 2.45. The molecule has 2 rings (SSSR count). The Labute approximate surface area is 125 Å². The largest absolute Gasteiger partial charge is 0.310 e. The Kier molecular flexibility index (Phi) is 4.70. The fourth-order valence-corrected chi connectivity index (χ4v) is 2.27. The summed E-state index contributed by atoms with van der Waals surface area (Å²) < 4.78 is 0. The van der Waals surface area contributed by atoms with E-state index in [1.165, 1.54) is 11.6 Å². The highest BCUT2D eigenvalue weighted by Crippen LogP contribution is 2.27. The van der Waals surface area contributed by atoms with Gasteiger partial charge >= 0.3 is 0 Å². The molecule has 0 saturated carbocycles. The molecule has 0 bridgehead atoms. The van der Waals surface area contributed by atoms with Crippen molar-refractivity contribution in [3.63, 3.8) is 0 Å². The third-order valence-corrected chi connectivity index (χ3v) is 3.37. The summed E-state index contributed by atoms with van der Waals surface area (Å²) in [5.74, 6) is 0. The van der Waals surface area contributed by atoms with Crippen molar-refractivity contribution < 1.29 is 4.92 Å². The highest BCUT2D eigenvalue weighted by molar-refractivity contribution is 5.69. The van der Waals surface area contributed by atoms with E-state index >= 15 is 0 Å². The fourth-order valence-electron chi connectivity index (χ4n) is 2.27. The molecule has 0 spiro atoms. The molecule has 2 aromatic rings. The van der Waals surface area contributed by atoms with Gasteiger partial charge in [0.15, 0.2) is 0 Å². The summed E-state index contributed by atoms with van der Waals surface area (Å²) in [5.41, 5.74) is 4.38. The lowest BCUT2D eigenvalue weighted by atomic mass is 9.98. The number of nitro groups is 1. The summed E-state index contributed by atoms with van der Waals surface area (Å²) in [6, 6.07) is 13.4. The predicted molar refractivity (Wildman–Crippen MR) is 85.2 cm³/mol. The average molecular weight is 284 g/mol. The molecule has 0 aliphatic rings. The quantitative estimate of drug-likeness (QED) is 0.665. The van der Waals surface area contributed by atoms with Gasteiger partial charge in [-0.1, -0.05) is 44.2 Å². The summed E-state index contributed by atoms with van der Waals surface area (Å²) in [6.45, 7) is 7.09. The summed E-state index contributed by atoms with van der Waals surface area (Å²) in [5, 5.41) is 14.3. The maximum Gasteiger partial charge on any atom is 0.270 e. The van der Waals surface area contributed by atoms with E-state index in [0.717, 1.165) is 23.2 Å². The van der Waals surface area contributed by atoms with Crippen LogP contribution in [0.4, 0.5) is 5.69 Å². The zero-order valence-corrected chi connectivity index (χ0v) is 12.6. The van der Waals surface area contributed by atoms with Gasteiger partial charge in [-0.25, -0.2) is 0 Å². The van der Waals surface area contributed by atoms with E-state index in [-0.39, 0.29) is 10.6 Å². The molecule has 0 atom stereocenters. The van der Waals surface area contributed by atoms with Crippen molar-refractivity contribution in [2.24, 2.45) is 0 Å². The SMILES string of the molecule is Cc1cc(CNC(C)C)ccc1-c1cccc([N+](=O)[O-])c1. The van der Waals surface area contributed by atoms with Crippen molar-refractivity contribution in [3.05, 3.63) is 63.7 Å². The van der Waals surface area contributed by atoms with Gasteiger partial charge in [0.05, 0.1) is 4.92 Å². The molecule has 0 saturated heterocycles. The smallest absolute Gasteiger partial charge is 0.270 e. The number of nitro benzene ring substituents is 1. The van der Waals surface area contributed by atoms with Gasteiger partial charge in [0, 0.05) is 24.7 Å². The highest BCUT2D eigenvalue weighted by atomic mass is 16.6. The summed E-state index contributed by atoms with van der Waals surface area (Å²) in [7, 11) is 0. The van der Waals surface area contributed by atoms with Crippen LogP contribution in [-0.4, -0.2) is 11.0 Å². The van der Waals surface area contributed by atoms with Crippen LogP contribution >= 0.6 is 0 Å². The van der Waals surface area contributed by atoms with Crippen LogP contribution in [0.25, 0.3) is 11.1 Å². The van der Waals surface area contributed by atoms with Gasteiger partial charge in [-0.05, 0) is 29.2 Å². The molecule has 0 radical (unpaired) electrons. The lowest BCUT2D eigenvalue weighted by molar-refractivity contribution is -0.384. The van der Waals surface area contributed by atoms with E-state index in [2.05, 4.69) is 31.3 Å². The van der Waals surface area contributed by atoms with Crippen molar-refractivity contribution >= 4 is 5.69 Å². The topological polar surface area (TPSA) is 55.2 Å². The van der Waals surface area contributed by atoms with Crippen LogP contribution in [0.3, 0.4) is 0 Å². The van der Waals surface area contributed by atoms with Crippen molar-refractivity contribution in [1.29, 1.82) is 0 Å². The Morgan fingerprint density at radius 3 is 2.57 bits per heavy atom. The summed E-state index contributed by atoms with van der Waals surface area (Å²) >= 11 is 0. The molecule has 110 valence electrons. The molecule has 0 unspecified atom stereocenters. The maximum atomic E-state index is 10.9. The minimum atomic E-state index is -0.361. The summed E-state index contributed by atoms with van der Waals surface area (Å²) in [4.78, 5) is 10.5. The molecule has 4 heteroatoms. The first-order valence-corrected chi connectivity index (χ1v) is 7.05. The van der Waals surface area contributed by atoms with E-state index in [4.69, 9.17) is 0 Å². The minimum Gasteiger partial charge on any atom is -0.310 e. The Hall–Kier alpha value is -2.20. The van der Waals surface area contributed by atoms with Gasteiger partial charge < -0.3 is 5.32 Å². The third kappa shape index (κ3) is 3.89. The van der Waals surface area contributed by atoms with Gasteiger partial charge in [-0.15, -0.1) is 0 Å². The van der Waals surface area contributed by atoms with E-state index in [9.17, 15) is 10.1 Å². The van der Waals surface area contributed by atoms with Crippen molar-refractivity contribution in [2.75, 3.05) is 0 Å². The molecule has 2 aromatic carbocycles. The standard InChI is InChI=1S/C17H20N2O2/c1-12(2)18-11-14-7-8-17(13(3)9-14)15-5-4-6-16(10-15)19(20)21/h4-10,12,18H,11H2,1-3H3. The molecule has 0 heterocycles. The number of rotatable bonds is 5. The monoisotopic (exact) mass is 284 g/mol. The number of benzene rings is 2. The van der Waals surface area contributed by atoms with E-state index in [1.54, 1.807) is 12.1 Å². The lowest BCUT2D eigenvalue weighted by Crippen LogP contribution is -2.21. The number of hydrogen-bond acceptors (Lipinski definition) is 3. The van der Waals surface area contributed by atoms with Crippen molar-refractivity contribution in [1.82, 2.24) is 5.32 Å². The molecule has 21 heavy (non-hydrogen) atoms. The van der Waals surface area contributed by atoms with Crippen LogP contribution in [0.1, 0.15) is 25.0 Å². The first-order chi connectivity index (χ1) is 9.97. The molecular formula is C17H20N2O2. The number of hydrogen-bond donors (Lipinski definition) is 1. The molecule has 0 aliphatic carbocycles. The molecule has 1 N–H and O–H groups in total. The number of nitrogens with zero attached hydrogens (tertiary/aromatic N) is 1.